The Labute approximate surface area is 119 Å². The van der Waals surface area contributed by atoms with Crippen molar-refractivity contribution in [2.45, 2.75) is 6.54 Å². The average Bonchev–Trinajstić information content (AvgIpc) is 2.46. The summed E-state index contributed by atoms with van der Waals surface area (Å²) < 4.78 is 5.59. The zero-order valence-electron chi connectivity index (χ0n) is 10.3. The van der Waals surface area contributed by atoms with E-state index in [1.807, 2.05) is 24.3 Å². The third-order valence-electron chi connectivity index (χ3n) is 2.43. The van der Waals surface area contributed by atoms with Gasteiger partial charge in [0, 0.05) is 11.0 Å². The summed E-state index contributed by atoms with van der Waals surface area (Å²) in [6, 6.07) is 7.97. The lowest BCUT2D eigenvalue weighted by Crippen LogP contribution is -2.07. The molecule has 2 rings (SSSR count). The Morgan fingerprint density at radius 2 is 2.00 bits per heavy atom. The van der Waals surface area contributed by atoms with Crippen LogP contribution in [-0.2, 0) is 11.3 Å². The van der Waals surface area contributed by atoms with Gasteiger partial charge in [0.1, 0.15) is 5.82 Å². The summed E-state index contributed by atoms with van der Waals surface area (Å²) in [5.74, 6) is 0.113. The molecule has 19 heavy (non-hydrogen) atoms. The minimum absolute atomic E-state index is 0.191. The monoisotopic (exact) mass is 321 g/mol. The first-order valence-electron chi connectivity index (χ1n) is 5.57. The van der Waals surface area contributed by atoms with Gasteiger partial charge in [0.05, 0.1) is 19.5 Å². The first kappa shape index (κ1) is 13.5. The molecule has 0 saturated heterocycles. The van der Waals surface area contributed by atoms with Crippen molar-refractivity contribution in [2.24, 2.45) is 0 Å². The van der Waals surface area contributed by atoms with E-state index in [1.54, 1.807) is 0 Å². The molecule has 1 aromatic heterocycles. The molecule has 0 bridgehead atoms. The summed E-state index contributed by atoms with van der Waals surface area (Å²) in [4.78, 5) is 19.3. The van der Waals surface area contributed by atoms with Gasteiger partial charge in [-0.15, -0.1) is 0 Å². The van der Waals surface area contributed by atoms with Crippen molar-refractivity contribution in [3.63, 3.8) is 0 Å². The van der Waals surface area contributed by atoms with Crippen LogP contribution in [0.2, 0.25) is 0 Å². The van der Waals surface area contributed by atoms with Gasteiger partial charge in [0.2, 0.25) is 0 Å². The normalized spacial score (nSPS) is 10.0. The molecule has 1 N–H and O–H groups in total. The van der Waals surface area contributed by atoms with Gasteiger partial charge >= 0.3 is 5.97 Å². The Morgan fingerprint density at radius 1 is 1.26 bits per heavy atom. The highest BCUT2D eigenvalue weighted by atomic mass is 79.9. The maximum absolute atomic E-state index is 11.2. The summed E-state index contributed by atoms with van der Waals surface area (Å²) in [5, 5.41) is 3.12. The molecule has 0 spiro atoms. The van der Waals surface area contributed by atoms with E-state index in [2.05, 4.69) is 36.0 Å². The number of nitrogens with zero attached hydrogens (tertiary/aromatic N) is 2. The summed E-state index contributed by atoms with van der Waals surface area (Å²) in [6.45, 7) is 0.638. The van der Waals surface area contributed by atoms with Gasteiger partial charge in [-0.1, -0.05) is 28.1 Å². The molecule has 98 valence electrons. The molecule has 2 aromatic rings. The standard InChI is InChI=1S/C13H12BrN3O2/c1-19-13(18)11-7-17-12(8-15-11)16-6-9-2-4-10(14)5-3-9/h2-5,7-8H,6H2,1H3,(H,16,17). The highest BCUT2D eigenvalue weighted by molar-refractivity contribution is 9.10. The van der Waals surface area contributed by atoms with Gasteiger partial charge in [-0.05, 0) is 17.7 Å². The van der Waals surface area contributed by atoms with E-state index in [9.17, 15) is 4.79 Å². The minimum Gasteiger partial charge on any atom is -0.464 e. The van der Waals surface area contributed by atoms with E-state index in [-0.39, 0.29) is 5.69 Å². The SMILES string of the molecule is COC(=O)c1cnc(NCc2ccc(Br)cc2)cn1. The zero-order valence-corrected chi connectivity index (χ0v) is 11.8. The summed E-state index contributed by atoms with van der Waals surface area (Å²) in [6.07, 6.45) is 2.89. The van der Waals surface area contributed by atoms with Gasteiger partial charge in [-0.3, -0.25) is 0 Å². The Hall–Kier alpha value is -1.95. The lowest BCUT2D eigenvalue weighted by molar-refractivity contribution is 0.0593. The number of esters is 1. The van der Waals surface area contributed by atoms with Gasteiger partial charge in [0.15, 0.2) is 5.69 Å². The first-order chi connectivity index (χ1) is 9.19. The number of carbonyl (C=O) groups is 1. The number of rotatable bonds is 4. The largest absolute Gasteiger partial charge is 0.464 e. The summed E-state index contributed by atoms with van der Waals surface area (Å²) in [7, 11) is 1.31. The number of carbonyl (C=O) groups excluding carboxylic acids is 1. The number of halogens is 1. The Kier molecular flexibility index (Phi) is 4.46. The van der Waals surface area contributed by atoms with Crippen LogP contribution in [-0.4, -0.2) is 23.0 Å². The quantitative estimate of drug-likeness (QED) is 0.877. The number of methoxy groups -OCH3 is 1. The highest BCUT2D eigenvalue weighted by Gasteiger charge is 2.06. The van der Waals surface area contributed by atoms with Crippen LogP contribution in [0.3, 0.4) is 0 Å². The second kappa shape index (κ2) is 6.29. The maximum atomic E-state index is 11.2. The van der Waals surface area contributed by atoms with Crippen LogP contribution in [0, 0.1) is 0 Å². The molecule has 1 heterocycles. The molecule has 6 heteroatoms. The van der Waals surface area contributed by atoms with Crippen LogP contribution in [0.15, 0.2) is 41.1 Å². The number of benzene rings is 1. The zero-order chi connectivity index (χ0) is 13.7. The fraction of sp³-hybridized carbons (Fsp3) is 0.154. The molecule has 0 aliphatic carbocycles. The Bertz CT molecular complexity index is 555. The molecule has 0 aliphatic heterocycles. The molecule has 5 nitrogen and oxygen atoms in total. The molecular weight excluding hydrogens is 310 g/mol. The summed E-state index contributed by atoms with van der Waals surface area (Å²) >= 11 is 3.38. The maximum Gasteiger partial charge on any atom is 0.358 e. The molecule has 0 saturated carbocycles. The van der Waals surface area contributed by atoms with E-state index >= 15 is 0 Å². The molecule has 0 amide bonds. The van der Waals surface area contributed by atoms with Crippen LogP contribution in [0.25, 0.3) is 0 Å². The van der Waals surface area contributed by atoms with Crippen LogP contribution < -0.4 is 5.32 Å². The van der Waals surface area contributed by atoms with E-state index < -0.39 is 5.97 Å². The second-order valence-corrected chi connectivity index (χ2v) is 4.67. The van der Waals surface area contributed by atoms with Crippen molar-refractivity contribution in [1.29, 1.82) is 0 Å². The molecule has 0 atom stereocenters. The molecule has 0 unspecified atom stereocenters. The number of aromatic nitrogens is 2. The molecule has 0 fully saturated rings. The van der Waals surface area contributed by atoms with Crippen molar-refractivity contribution >= 4 is 27.7 Å². The van der Waals surface area contributed by atoms with E-state index in [0.29, 0.717) is 12.4 Å². The van der Waals surface area contributed by atoms with Crippen molar-refractivity contribution in [3.05, 3.63) is 52.4 Å². The third-order valence-corrected chi connectivity index (χ3v) is 2.96. The highest BCUT2D eigenvalue weighted by Crippen LogP contribution is 2.11. The van der Waals surface area contributed by atoms with Gasteiger partial charge in [-0.25, -0.2) is 14.8 Å². The van der Waals surface area contributed by atoms with E-state index in [0.717, 1.165) is 10.0 Å². The van der Waals surface area contributed by atoms with Crippen molar-refractivity contribution in [2.75, 3.05) is 12.4 Å². The molecular formula is C13H12BrN3O2. The predicted molar refractivity (Wildman–Crippen MR) is 74.8 cm³/mol. The third kappa shape index (κ3) is 3.75. The van der Waals surface area contributed by atoms with Crippen molar-refractivity contribution < 1.29 is 9.53 Å². The van der Waals surface area contributed by atoms with Crippen molar-refractivity contribution in [3.8, 4) is 0 Å². The Morgan fingerprint density at radius 3 is 2.58 bits per heavy atom. The number of anilines is 1. The average molecular weight is 322 g/mol. The van der Waals surface area contributed by atoms with Gasteiger partial charge in [0.25, 0.3) is 0 Å². The first-order valence-corrected chi connectivity index (χ1v) is 6.37. The van der Waals surface area contributed by atoms with Gasteiger partial charge < -0.3 is 10.1 Å². The minimum atomic E-state index is -0.494. The topological polar surface area (TPSA) is 64.1 Å². The number of hydrogen-bond acceptors (Lipinski definition) is 5. The fourth-order valence-electron chi connectivity index (χ4n) is 1.42. The van der Waals surface area contributed by atoms with Gasteiger partial charge in [-0.2, -0.15) is 0 Å². The number of hydrogen-bond donors (Lipinski definition) is 1. The van der Waals surface area contributed by atoms with E-state index in [1.165, 1.54) is 19.5 Å². The Balaban J connectivity index is 1.96. The van der Waals surface area contributed by atoms with Crippen LogP contribution >= 0.6 is 15.9 Å². The number of nitrogens with one attached hydrogen (secondary N) is 1. The van der Waals surface area contributed by atoms with Crippen LogP contribution in [0.4, 0.5) is 5.82 Å². The fourth-order valence-corrected chi connectivity index (χ4v) is 1.69. The lowest BCUT2D eigenvalue weighted by atomic mass is 10.2. The molecule has 0 radical (unpaired) electrons. The van der Waals surface area contributed by atoms with Crippen LogP contribution in [0.1, 0.15) is 16.1 Å². The van der Waals surface area contributed by atoms with Crippen LogP contribution in [0.5, 0.6) is 0 Å². The lowest BCUT2D eigenvalue weighted by Gasteiger charge is -2.05. The van der Waals surface area contributed by atoms with Crippen molar-refractivity contribution in [1.82, 2.24) is 9.97 Å². The molecule has 0 aliphatic rings. The second-order valence-electron chi connectivity index (χ2n) is 3.76. The molecule has 1 aromatic carbocycles. The predicted octanol–water partition coefficient (Wildman–Crippen LogP) is 2.64. The summed E-state index contributed by atoms with van der Waals surface area (Å²) in [5.41, 5.74) is 1.32. The van der Waals surface area contributed by atoms with E-state index in [4.69, 9.17) is 0 Å². The number of ether oxygens (including phenoxy) is 1. The smallest absolute Gasteiger partial charge is 0.358 e.